The van der Waals surface area contributed by atoms with Gasteiger partial charge in [-0.05, 0) is 127 Å². The number of carbonyl (C=O) groups excluding carboxylic acids is 7. The Labute approximate surface area is 418 Å². The van der Waals surface area contributed by atoms with E-state index in [1.165, 1.54) is 41.0 Å². The van der Waals surface area contributed by atoms with E-state index >= 15 is 0 Å². The average Bonchev–Trinajstić information content (AvgIpc) is 4.06. The molecule has 0 saturated carbocycles. The Morgan fingerprint density at radius 3 is 2.11 bits per heavy atom. The summed E-state index contributed by atoms with van der Waals surface area (Å²) in [5.74, 6) is -2.37. The molecule has 2 aromatic rings. The van der Waals surface area contributed by atoms with E-state index in [0.717, 1.165) is 6.20 Å². The molecule has 0 bridgehead atoms. The molecule has 17 N–H and O–H groups in total. The van der Waals surface area contributed by atoms with Gasteiger partial charge in [-0.2, -0.15) is 0 Å². The first kappa shape index (κ1) is 57.8. The van der Waals surface area contributed by atoms with Crippen LogP contribution in [-0.2, 0) is 40.0 Å². The highest BCUT2D eigenvalue weighted by atomic mass is 16.4. The topological polar surface area (TPSA) is 413 Å². The fourth-order valence-corrected chi connectivity index (χ4v) is 8.99. The molecule has 7 amide bonds. The largest absolute Gasteiger partial charge is 0.508 e. The number of pyridine rings is 1. The lowest BCUT2D eigenvalue weighted by Crippen LogP contribution is -2.63. The highest BCUT2D eigenvalue weighted by Gasteiger charge is 2.48. The number of hydrogen-bond acceptors (Lipinski definition) is 17. The number of carbonyl (C=O) groups is 8. The number of nitrogens with zero attached hydrogens (tertiary/aromatic N) is 5. The number of imide groups is 2. The van der Waals surface area contributed by atoms with Gasteiger partial charge in [-0.1, -0.05) is 18.6 Å². The number of benzene rings is 1. The maximum atomic E-state index is 14.7. The molecule has 3 heterocycles. The molecule has 2 fully saturated rings. The molecule has 25 heteroatoms. The van der Waals surface area contributed by atoms with Gasteiger partial charge < -0.3 is 64.1 Å². The summed E-state index contributed by atoms with van der Waals surface area (Å²) in [6.45, 7) is 1.97. The Kier molecular flexibility index (Phi) is 22.7. The highest BCUT2D eigenvalue weighted by Crippen LogP contribution is 2.29. The number of aliphatic hydroxyl groups is 1. The highest BCUT2D eigenvalue weighted by molar-refractivity contribution is 6.09. The number of nitrogen functional groups attached to an aromatic ring is 1. The summed E-state index contributed by atoms with van der Waals surface area (Å²) < 4.78 is 0. The SMILES string of the molecule is C[C@@H](O)[C@@H](C(=O)N[C@@H](CCCCN)C(=O)N1CCC[C@H]1C(=O)N1CCC[C@H]1C(=O)N(C(=O)c1ccc(NN)nc1)[C@@H](CCCNC(=N)N)C(=O)O)N(C(=O)CCCCCN)C(=O)[C@@H](N)Cc1ccc(O)cc1. The van der Waals surface area contributed by atoms with Gasteiger partial charge in [0.25, 0.3) is 11.8 Å². The number of unbranched alkanes of at least 4 members (excludes halogenated alkanes) is 3. The van der Waals surface area contributed by atoms with Crippen LogP contribution in [0.15, 0.2) is 42.6 Å². The fourth-order valence-electron chi connectivity index (χ4n) is 8.99. The molecule has 1 aromatic heterocycles. The smallest absolute Gasteiger partial charge is 0.326 e. The van der Waals surface area contributed by atoms with Crippen molar-refractivity contribution in [3.63, 3.8) is 0 Å². The van der Waals surface area contributed by atoms with Crippen LogP contribution in [0.1, 0.15) is 106 Å². The minimum Gasteiger partial charge on any atom is -0.508 e. The van der Waals surface area contributed by atoms with Gasteiger partial charge in [0.2, 0.25) is 29.5 Å². The van der Waals surface area contributed by atoms with Crippen LogP contribution in [0.2, 0.25) is 0 Å². The molecule has 7 atom stereocenters. The van der Waals surface area contributed by atoms with Gasteiger partial charge in [-0.25, -0.2) is 15.6 Å². The van der Waals surface area contributed by atoms with Crippen molar-refractivity contribution in [3.8, 4) is 5.75 Å². The standard InChI is InChI=1S/C47H72N14O11/c1-28(62)39(61(38(64)14-3-2-5-21-48)42(67)32(50)26-29-15-18-31(63)19-16-29)40(65)56-33(10-4-6-22-49)43(68)58-24-8-12-34(58)44(69)59-25-9-13-35(59)45(70)60(36(46(71)72)11-7-23-54-47(51)52)41(66)30-17-20-37(57-53)55-27-30/h15-20,27-28,32-36,39,62-63H,2-14,21-26,48-50,53H2,1H3,(H,55,57)(H,56,65)(H,71,72)(H4,51,52,54)/t28-,32+,33+,34+,35+,36+,39+/m1/s1. The number of rotatable bonds is 27. The second-order valence-electron chi connectivity index (χ2n) is 18.0. The molecule has 2 aliphatic rings. The monoisotopic (exact) mass is 1010 g/mol. The zero-order valence-electron chi connectivity index (χ0n) is 40.7. The Morgan fingerprint density at radius 2 is 1.51 bits per heavy atom. The minimum atomic E-state index is -1.85. The molecule has 0 aliphatic carbocycles. The zero-order chi connectivity index (χ0) is 53.1. The van der Waals surface area contributed by atoms with E-state index in [9.17, 15) is 53.7 Å². The normalized spacial score (nSPS) is 17.5. The number of nitrogens with two attached hydrogens (primary N) is 5. The lowest BCUT2D eigenvalue weighted by atomic mass is 10.0. The molecular formula is C47H72N14O11. The second kappa shape index (κ2) is 28.3. The van der Waals surface area contributed by atoms with Crippen LogP contribution in [0.5, 0.6) is 5.75 Å². The van der Waals surface area contributed by atoms with Crippen LogP contribution in [0.3, 0.4) is 0 Å². The van der Waals surface area contributed by atoms with Crippen LogP contribution < -0.4 is 44.8 Å². The number of carboxylic acid groups (broad SMARTS) is 1. The lowest BCUT2D eigenvalue weighted by molar-refractivity contribution is -0.157. The number of aliphatic carboxylic acids is 1. The molecule has 0 spiro atoms. The number of aromatic hydroxyl groups is 1. The number of aliphatic hydroxyl groups excluding tert-OH is 1. The Hall–Kier alpha value is -6.80. The third kappa shape index (κ3) is 15.6. The van der Waals surface area contributed by atoms with E-state index in [1.807, 2.05) is 0 Å². The zero-order valence-corrected chi connectivity index (χ0v) is 40.7. The van der Waals surface area contributed by atoms with Crippen molar-refractivity contribution in [2.75, 3.05) is 38.1 Å². The van der Waals surface area contributed by atoms with Crippen LogP contribution >= 0.6 is 0 Å². The lowest BCUT2D eigenvalue weighted by Gasteiger charge is -2.36. The molecule has 2 saturated heterocycles. The minimum absolute atomic E-state index is 0.00461. The van der Waals surface area contributed by atoms with Crippen LogP contribution in [-0.4, -0.2) is 168 Å². The summed E-state index contributed by atoms with van der Waals surface area (Å²) in [6, 6.07) is -0.222. The predicted molar refractivity (Wildman–Crippen MR) is 263 cm³/mol. The number of phenolic OH excluding ortho intramolecular Hbond substituents is 1. The number of hydrazine groups is 1. The van der Waals surface area contributed by atoms with Crippen molar-refractivity contribution in [1.82, 2.24) is 35.2 Å². The molecule has 0 radical (unpaired) electrons. The van der Waals surface area contributed by atoms with Crippen molar-refractivity contribution in [2.24, 2.45) is 28.8 Å². The number of guanidine groups is 1. The van der Waals surface area contributed by atoms with E-state index < -0.39 is 89.7 Å². The number of anilines is 1. The number of aromatic nitrogens is 1. The Morgan fingerprint density at radius 1 is 0.861 bits per heavy atom. The van der Waals surface area contributed by atoms with E-state index in [0.29, 0.717) is 66.9 Å². The quantitative estimate of drug-likeness (QED) is 0.0122. The van der Waals surface area contributed by atoms with Crippen molar-refractivity contribution >= 4 is 59.1 Å². The number of carboxylic acids is 1. The van der Waals surface area contributed by atoms with Gasteiger partial charge in [0.1, 0.15) is 41.8 Å². The van der Waals surface area contributed by atoms with Crippen LogP contribution in [0, 0.1) is 5.41 Å². The number of phenols is 1. The van der Waals surface area contributed by atoms with Gasteiger partial charge in [-0.3, -0.25) is 48.8 Å². The summed E-state index contributed by atoms with van der Waals surface area (Å²) in [6.07, 6.45) is 2.04. The summed E-state index contributed by atoms with van der Waals surface area (Å²) in [5, 5.41) is 44.1. The van der Waals surface area contributed by atoms with Gasteiger partial charge in [0.15, 0.2) is 5.96 Å². The van der Waals surface area contributed by atoms with Crippen molar-refractivity contribution in [1.29, 1.82) is 5.41 Å². The molecule has 0 unspecified atom stereocenters. The van der Waals surface area contributed by atoms with Gasteiger partial charge in [-0.15, -0.1) is 0 Å². The summed E-state index contributed by atoms with van der Waals surface area (Å²) >= 11 is 0. The van der Waals surface area contributed by atoms with Gasteiger partial charge in [0, 0.05) is 32.3 Å². The van der Waals surface area contributed by atoms with E-state index in [4.69, 9.17) is 34.2 Å². The first-order valence-electron chi connectivity index (χ1n) is 24.4. The Balaban J connectivity index is 1.64. The van der Waals surface area contributed by atoms with E-state index in [1.54, 1.807) is 12.1 Å². The number of likely N-dealkylation sites (tertiary alicyclic amines) is 2. The van der Waals surface area contributed by atoms with Crippen LogP contribution in [0.4, 0.5) is 5.82 Å². The Bertz CT molecular complexity index is 2200. The second-order valence-corrected chi connectivity index (χ2v) is 18.0. The molecule has 396 valence electrons. The molecular weight excluding hydrogens is 937 g/mol. The number of hydrogen-bond donors (Lipinski definition) is 12. The van der Waals surface area contributed by atoms with Crippen molar-refractivity contribution in [2.45, 2.75) is 139 Å². The summed E-state index contributed by atoms with van der Waals surface area (Å²) in [5.41, 5.74) is 25.9. The molecule has 1 aromatic carbocycles. The first-order chi connectivity index (χ1) is 34.4. The van der Waals surface area contributed by atoms with E-state index in [2.05, 4.69) is 21.0 Å². The van der Waals surface area contributed by atoms with Gasteiger partial charge >= 0.3 is 5.97 Å². The molecule has 2 aliphatic heterocycles. The number of amides is 7. The van der Waals surface area contributed by atoms with Crippen LogP contribution in [0.25, 0.3) is 0 Å². The maximum absolute atomic E-state index is 14.7. The molecule has 72 heavy (non-hydrogen) atoms. The molecule has 4 rings (SSSR count). The predicted octanol–water partition coefficient (Wildman–Crippen LogP) is -1.45. The maximum Gasteiger partial charge on any atom is 0.326 e. The van der Waals surface area contributed by atoms with Crippen molar-refractivity contribution in [3.05, 3.63) is 53.7 Å². The van der Waals surface area contributed by atoms with Crippen molar-refractivity contribution < 1.29 is 53.7 Å². The summed E-state index contributed by atoms with van der Waals surface area (Å²) in [4.78, 5) is 122. The van der Waals surface area contributed by atoms with Gasteiger partial charge in [0.05, 0.1) is 17.7 Å². The fraction of sp³-hybridized carbons (Fsp3) is 0.574. The third-order valence-electron chi connectivity index (χ3n) is 12.7. The first-order valence-corrected chi connectivity index (χ1v) is 24.4. The third-order valence-corrected chi connectivity index (χ3v) is 12.7. The van der Waals surface area contributed by atoms with E-state index in [-0.39, 0.29) is 94.2 Å². The average molecular weight is 1010 g/mol. The summed E-state index contributed by atoms with van der Waals surface area (Å²) in [7, 11) is 0. The molecule has 25 nitrogen and oxygen atoms in total. The number of nitrogens with one attached hydrogen (secondary N) is 4.